The summed E-state index contributed by atoms with van der Waals surface area (Å²) in [4.78, 5) is 16.0. The molecule has 3 N–H and O–H groups in total. The lowest BCUT2D eigenvalue weighted by Gasteiger charge is -2.35. The van der Waals surface area contributed by atoms with E-state index >= 15 is 4.39 Å². The number of morpholine rings is 1. The molecule has 1 fully saturated rings. The number of rotatable bonds is 9. The third-order valence-electron chi connectivity index (χ3n) is 6.97. The molecule has 1 saturated heterocycles. The van der Waals surface area contributed by atoms with Gasteiger partial charge < -0.3 is 20.1 Å². The number of fused-ring (bicyclic) bond motifs is 1. The van der Waals surface area contributed by atoms with E-state index in [-0.39, 0.29) is 30.1 Å². The summed E-state index contributed by atoms with van der Waals surface area (Å²) in [7, 11) is -1.36. The molecule has 1 aliphatic heterocycles. The van der Waals surface area contributed by atoms with Crippen molar-refractivity contribution in [3.05, 3.63) is 60.0 Å². The van der Waals surface area contributed by atoms with Crippen LogP contribution in [0.25, 0.3) is 33.4 Å². The van der Waals surface area contributed by atoms with Gasteiger partial charge in [0, 0.05) is 41.4 Å². The topological polar surface area (TPSA) is 133 Å². The molecule has 4 aromatic rings. The molecule has 10 nitrogen and oxygen atoms in total. The van der Waals surface area contributed by atoms with Crippen molar-refractivity contribution in [3.8, 4) is 28.3 Å². The monoisotopic (exact) mass is 584 g/mol. The molecule has 1 aliphatic rings. The third-order valence-corrected chi connectivity index (χ3v) is 7.45. The minimum atomic E-state index is -2.86. The number of nitrogens with zero attached hydrogens (tertiary/aromatic N) is 4. The van der Waals surface area contributed by atoms with Crippen LogP contribution in [0.3, 0.4) is 0 Å². The fraction of sp³-hybridized carbons (Fsp3) is 0.321. The van der Waals surface area contributed by atoms with Crippen molar-refractivity contribution in [2.45, 2.75) is 25.6 Å². The van der Waals surface area contributed by atoms with E-state index in [1.807, 2.05) is 6.92 Å². The summed E-state index contributed by atoms with van der Waals surface area (Å²) in [6, 6.07) is 11.4. The van der Waals surface area contributed by atoms with Crippen LogP contribution < -0.4 is 20.1 Å². The summed E-state index contributed by atoms with van der Waals surface area (Å²) in [6.07, 6.45) is -0.312. The molecule has 5 rings (SSSR count). The molecular weight excluding hydrogens is 554 g/mol. The van der Waals surface area contributed by atoms with Crippen LogP contribution in [-0.2, 0) is 15.6 Å². The van der Waals surface area contributed by atoms with Gasteiger partial charge in [-0.1, -0.05) is 18.2 Å². The van der Waals surface area contributed by atoms with Gasteiger partial charge in [-0.25, -0.2) is 36.9 Å². The maximum Gasteiger partial charge on any atom is 0.201 e. The van der Waals surface area contributed by atoms with Gasteiger partial charge in [0.2, 0.25) is 10.9 Å². The number of aromatic nitrogens is 3. The molecule has 2 aromatic carbocycles. The fourth-order valence-electron chi connectivity index (χ4n) is 4.88. The Bertz CT molecular complexity index is 1630. The minimum Gasteiger partial charge on any atom is -0.494 e. The van der Waals surface area contributed by atoms with Crippen molar-refractivity contribution >= 4 is 33.4 Å². The molecule has 2 atom stereocenters. The van der Waals surface area contributed by atoms with E-state index < -0.39 is 22.9 Å². The molecule has 41 heavy (non-hydrogen) atoms. The summed E-state index contributed by atoms with van der Waals surface area (Å²) in [5, 5.41) is 0.630. The van der Waals surface area contributed by atoms with Crippen LogP contribution in [0.2, 0.25) is 0 Å². The zero-order valence-corrected chi connectivity index (χ0v) is 23.4. The van der Waals surface area contributed by atoms with E-state index in [9.17, 15) is 12.8 Å². The summed E-state index contributed by atoms with van der Waals surface area (Å²) < 4.78 is 65.8. The largest absolute Gasteiger partial charge is 0.494 e. The first kappa shape index (κ1) is 28.6. The molecule has 3 heterocycles. The van der Waals surface area contributed by atoms with E-state index in [1.54, 1.807) is 42.6 Å². The zero-order valence-electron chi connectivity index (χ0n) is 22.5. The predicted molar refractivity (Wildman–Crippen MR) is 154 cm³/mol. The van der Waals surface area contributed by atoms with E-state index in [4.69, 9.17) is 25.2 Å². The van der Waals surface area contributed by atoms with Crippen LogP contribution in [0.4, 0.5) is 20.4 Å². The van der Waals surface area contributed by atoms with Crippen LogP contribution >= 0.6 is 0 Å². The molecule has 0 spiro atoms. The Labute approximate surface area is 237 Å². The zero-order chi connectivity index (χ0) is 29.1. The lowest BCUT2D eigenvalue weighted by molar-refractivity contribution is 0.0987. The Morgan fingerprint density at radius 3 is 2.76 bits per heavy atom. The Morgan fingerprint density at radius 2 is 2.05 bits per heavy atom. The molecule has 13 heteroatoms. The fourth-order valence-corrected chi connectivity index (χ4v) is 5.19. The number of benzene rings is 2. The van der Waals surface area contributed by atoms with Gasteiger partial charge in [0.25, 0.3) is 0 Å². The van der Waals surface area contributed by atoms with Crippen LogP contribution in [-0.4, -0.2) is 62.8 Å². The summed E-state index contributed by atoms with van der Waals surface area (Å²) in [5.41, 5.74) is 7.42. The highest BCUT2D eigenvalue weighted by molar-refractivity contribution is 7.70. The number of alkyl halides is 1. The van der Waals surface area contributed by atoms with Crippen molar-refractivity contribution in [1.29, 1.82) is 0 Å². The van der Waals surface area contributed by atoms with Gasteiger partial charge in [0.05, 0.1) is 26.4 Å². The lowest BCUT2D eigenvalue weighted by Crippen LogP contribution is -2.44. The second-order valence-corrected chi connectivity index (χ2v) is 10.5. The predicted octanol–water partition coefficient (Wildman–Crippen LogP) is 3.83. The number of halogens is 2. The summed E-state index contributed by atoms with van der Waals surface area (Å²) in [5.74, 6) is 1.06. The highest BCUT2D eigenvalue weighted by atomic mass is 32.2. The van der Waals surface area contributed by atoms with Gasteiger partial charge in [-0.15, -0.1) is 0 Å². The Morgan fingerprint density at radius 1 is 1.22 bits per heavy atom. The number of nitrogens with two attached hydrogens (primary N) is 1. The number of pyridine rings is 1. The molecule has 2 aromatic heterocycles. The normalized spacial score (nSPS) is 16.3. The number of thiol groups is 1. The Kier molecular flexibility index (Phi) is 8.57. The van der Waals surface area contributed by atoms with Crippen molar-refractivity contribution < 1.29 is 26.7 Å². The lowest BCUT2D eigenvalue weighted by atomic mass is 9.97. The molecule has 0 amide bonds. The van der Waals surface area contributed by atoms with E-state index in [1.165, 1.54) is 13.2 Å². The molecule has 216 valence electrons. The first-order valence-electron chi connectivity index (χ1n) is 13.0. The first-order chi connectivity index (χ1) is 19.8. The Hall–Kier alpha value is -3.94. The van der Waals surface area contributed by atoms with Crippen molar-refractivity contribution in [2.75, 3.05) is 44.0 Å². The number of methoxy groups -OCH3 is 1. The number of hydrogen-bond donors (Lipinski definition) is 3. The third kappa shape index (κ3) is 6.06. The molecule has 0 bridgehead atoms. The second kappa shape index (κ2) is 12.3. The number of nitrogen functional groups attached to an aromatic ring is 1. The van der Waals surface area contributed by atoms with E-state index in [0.717, 1.165) is 0 Å². The summed E-state index contributed by atoms with van der Waals surface area (Å²) in [6.45, 7) is 3.48. The van der Waals surface area contributed by atoms with E-state index in [2.05, 4.69) is 14.6 Å². The van der Waals surface area contributed by atoms with Gasteiger partial charge in [-0.05, 0) is 43.2 Å². The van der Waals surface area contributed by atoms with Crippen LogP contribution in [0.1, 0.15) is 25.1 Å². The average molecular weight is 585 g/mol. The van der Waals surface area contributed by atoms with Crippen LogP contribution in [0, 0.1) is 5.82 Å². The minimum absolute atomic E-state index is 0.000805. The maximum atomic E-state index is 15.8. The number of ether oxygens (including phenoxy) is 2. The quantitative estimate of drug-likeness (QED) is 0.251. The van der Waals surface area contributed by atoms with Gasteiger partial charge in [-0.3, -0.25) is 0 Å². The average Bonchev–Trinajstić information content (AvgIpc) is 2.96. The SMILES string of the molecule is COc1cc(-c2cccc(C(F)CCN[SH](=O)=O)c2F)cc2c(N3CCOCC3C)nc(-c3ccc(N)nc3)nc12. The highest BCUT2D eigenvalue weighted by Gasteiger charge is 2.26. The molecule has 2 unspecified atom stereocenters. The molecule has 0 aliphatic carbocycles. The molecular formula is C28H30F2N6O4S. The van der Waals surface area contributed by atoms with E-state index in [0.29, 0.717) is 65.0 Å². The van der Waals surface area contributed by atoms with Crippen molar-refractivity contribution in [3.63, 3.8) is 0 Å². The summed E-state index contributed by atoms with van der Waals surface area (Å²) >= 11 is 0. The van der Waals surface area contributed by atoms with Gasteiger partial charge in [-0.2, -0.15) is 0 Å². The second-order valence-electron chi connectivity index (χ2n) is 9.66. The van der Waals surface area contributed by atoms with Gasteiger partial charge >= 0.3 is 0 Å². The Balaban J connectivity index is 1.66. The van der Waals surface area contributed by atoms with Gasteiger partial charge in [0.15, 0.2) is 5.82 Å². The van der Waals surface area contributed by atoms with Gasteiger partial charge in [0.1, 0.15) is 34.9 Å². The number of anilines is 2. The first-order valence-corrected chi connectivity index (χ1v) is 14.2. The standard InChI is InChI=1S/C28H30F2N6O4S/c1-16-15-40-11-10-36(16)28-21-12-18(19-4-3-5-20(25(19)30)22(29)8-9-33-41(37)38)13-23(39-2)26(21)34-27(35-28)17-6-7-24(31)32-14-17/h3-7,12-14,16,22,41H,8-11,15H2,1-2H3,(H2,31,32)(H,33,37,38). The van der Waals surface area contributed by atoms with Crippen LogP contribution in [0.5, 0.6) is 5.75 Å². The van der Waals surface area contributed by atoms with Crippen LogP contribution in [0.15, 0.2) is 48.7 Å². The molecule has 0 saturated carbocycles. The number of hydrogen-bond acceptors (Lipinski definition) is 9. The smallest absolute Gasteiger partial charge is 0.201 e. The van der Waals surface area contributed by atoms with Crippen molar-refractivity contribution in [2.24, 2.45) is 0 Å². The van der Waals surface area contributed by atoms with Crippen molar-refractivity contribution in [1.82, 2.24) is 19.7 Å². The number of nitrogens with one attached hydrogen (secondary N) is 1. The maximum absolute atomic E-state index is 15.8. The molecule has 0 radical (unpaired) electrons. The highest BCUT2D eigenvalue weighted by Crippen LogP contribution is 2.39.